The number of nitrogens with zero attached hydrogens (tertiary/aromatic N) is 1. The number of hydrogen-bond donors (Lipinski definition) is 3. The summed E-state index contributed by atoms with van der Waals surface area (Å²) < 4.78 is 0. The summed E-state index contributed by atoms with van der Waals surface area (Å²) in [5.41, 5.74) is 1.01. The lowest BCUT2D eigenvalue weighted by atomic mass is 10.0. The molecule has 0 saturated heterocycles. The Morgan fingerprint density at radius 3 is 2.79 bits per heavy atom. The lowest BCUT2D eigenvalue weighted by Crippen LogP contribution is -2.38. The third-order valence-electron chi connectivity index (χ3n) is 2.85. The third kappa shape index (κ3) is 3.39. The van der Waals surface area contributed by atoms with Gasteiger partial charge < -0.3 is 15.4 Å². The van der Waals surface area contributed by atoms with Crippen LogP contribution < -0.4 is 10.9 Å². The minimum absolute atomic E-state index is 0.0574. The van der Waals surface area contributed by atoms with E-state index in [1.165, 1.54) is 6.07 Å². The second-order valence-corrected chi connectivity index (χ2v) is 5.63. The van der Waals surface area contributed by atoms with Gasteiger partial charge in [-0.1, -0.05) is 0 Å². The minimum Gasteiger partial charge on any atom is -0.387 e. The summed E-state index contributed by atoms with van der Waals surface area (Å²) >= 11 is 0. The van der Waals surface area contributed by atoms with Gasteiger partial charge in [0.25, 0.3) is 0 Å². The maximum absolute atomic E-state index is 11.3. The zero-order valence-electron chi connectivity index (χ0n) is 11.4. The molecule has 5 heteroatoms. The van der Waals surface area contributed by atoms with Crippen molar-refractivity contribution in [2.24, 2.45) is 0 Å². The molecule has 0 saturated carbocycles. The Hall–Kier alpha value is -1.72. The molecule has 0 aliphatic carbocycles. The number of H-pyrrole nitrogens is 1. The van der Waals surface area contributed by atoms with E-state index >= 15 is 0 Å². The number of fused-ring (bicyclic) bond motifs is 1. The number of aliphatic hydroxyl groups excluding tert-OH is 1. The summed E-state index contributed by atoms with van der Waals surface area (Å²) in [4.78, 5) is 18.0. The molecule has 3 N–H and O–H groups in total. The van der Waals surface area contributed by atoms with E-state index in [0.717, 1.165) is 10.9 Å². The van der Waals surface area contributed by atoms with E-state index in [0.29, 0.717) is 12.2 Å². The van der Waals surface area contributed by atoms with E-state index in [-0.39, 0.29) is 11.1 Å². The fourth-order valence-electron chi connectivity index (χ4n) is 1.88. The van der Waals surface area contributed by atoms with Crippen LogP contribution >= 0.6 is 0 Å². The van der Waals surface area contributed by atoms with Gasteiger partial charge in [-0.05, 0) is 38.5 Å². The molecule has 5 nitrogen and oxygen atoms in total. The van der Waals surface area contributed by atoms with Gasteiger partial charge >= 0.3 is 0 Å². The summed E-state index contributed by atoms with van der Waals surface area (Å²) in [6.07, 6.45) is 0.948. The molecular formula is C14H19N3O2. The molecule has 2 heterocycles. The number of aliphatic hydroxyl groups is 1. The van der Waals surface area contributed by atoms with Crippen LogP contribution in [0.1, 0.15) is 32.4 Å². The number of aromatic amines is 1. The Kier molecular flexibility index (Phi) is 3.68. The van der Waals surface area contributed by atoms with Gasteiger partial charge in [0, 0.05) is 29.7 Å². The first-order valence-electron chi connectivity index (χ1n) is 6.28. The number of hydrogen-bond acceptors (Lipinski definition) is 4. The highest BCUT2D eigenvalue weighted by atomic mass is 16.3. The molecule has 0 amide bonds. The van der Waals surface area contributed by atoms with Crippen molar-refractivity contribution in [1.82, 2.24) is 15.3 Å². The molecule has 0 aliphatic rings. The molecule has 2 rings (SSSR count). The first kappa shape index (κ1) is 13.7. The largest absolute Gasteiger partial charge is 0.387 e. The third-order valence-corrected chi connectivity index (χ3v) is 2.85. The predicted octanol–water partition coefficient (Wildman–Crippen LogP) is 1.34. The fraction of sp³-hybridized carbons (Fsp3) is 0.429. The number of pyridine rings is 2. The van der Waals surface area contributed by atoms with E-state index in [4.69, 9.17) is 0 Å². The van der Waals surface area contributed by atoms with E-state index < -0.39 is 6.10 Å². The molecule has 1 atom stereocenters. The molecule has 0 aromatic carbocycles. The molecule has 0 aliphatic heterocycles. The zero-order chi connectivity index (χ0) is 14.0. The van der Waals surface area contributed by atoms with E-state index in [1.54, 1.807) is 18.3 Å². The highest BCUT2D eigenvalue weighted by Crippen LogP contribution is 2.20. The van der Waals surface area contributed by atoms with Crippen LogP contribution in [0.2, 0.25) is 0 Å². The van der Waals surface area contributed by atoms with Crippen LogP contribution in [0.5, 0.6) is 0 Å². The Balaban J connectivity index is 2.32. The second kappa shape index (κ2) is 5.11. The van der Waals surface area contributed by atoms with Gasteiger partial charge in [0.15, 0.2) is 0 Å². The van der Waals surface area contributed by atoms with E-state index in [9.17, 15) is 9.90 Å². The van der Waals surface area contributed by atoms with Gasteiger partial charge in [0.1, 0.15) is 5.65 Å². The van der Waals surface area contributed by atoms with Gasteiger partial charge in [0.05, 0.1) is 6.10 Å². The molecule has 2 aromatic rings. The predicted molar refractivity (Wildman–Crippen MR) is 75.1 cm³/mol. The van der Waals surface area contributed by atoms with Crippen LogP contribution in [0.4, 0.5) is 0 Å². The Bertz CT molecular complexity index is 628. The normalized spacial score (nSPS) is 13.7. The van der Waals surface area contributed by atoms with Gasteiger partial charge in [-0.3, -0.25) is 4.79 Å². The van der Waals surface area contributed by atoms with Crippen molar-refractivity contribution >= 4 is 11.0 Å². The van der Waals surface area contributed by atoms with Crippen LogP contribution in [0.25, 0.3) is 11.0 Å². The van der Waals surface area contributed by atoms with Gasteiger partial charge in [-0.2, -0.15) is 0 Å². The number of nitrogens with one attached hydrogen (secondary N) is 2. The lowest BCUT2D eigenvalue weighted by molar-refractivity contribution is 0.164. The van der Waals surface area contributed by atoms with Gasteiger partial charge in [-0.15, -0.1) is 0 Å². The second-order valence-electron chi connectivity index (χ2n) is 5.63. The van der Waals surface area contributed by atoms with Crippen molar-refractivity contribution in [2.75, 3.05) is 6.54 Å². The molecule has 102 valence electrons. The topological polar surface area (TPSA) is 78.0 Å². The first-order valence-corrected chi connectivity index (χ1v) is 6.28. The lowest BCUT2D eigenvalue weighted by Gasteiger charge is -2.23. The fourth-order valence-corrected chi connectivity index (χ4v) is 1.88. The van der Waals surface area contributed by atoms with Crippen LogP contribution in [0, 0.1) is 0 Å². The summed E-state index contributed by atoms with van der Waals surface area (Å²) in [7, 11) is 0. The average Bonchev–Trinajstić information content (AvgIpc) is 2.34. The van der Waals surface area contributed by atoms with Gasteiger partial charge in [-0.25, -0.2) is 4.98 Å². The SMILES string of the molecule is CC(C)(C)NC[C@H](O)c1ccnc2[nH]c(=O)ccc12. The highest BCUT2D eigenvalue weighted by Gasteiger charge is 2.15. The summed E-state index contributed by atoms with van der Waals surface area (Å²) in [5.74, 6) is 0. The Labute approximate surface area is 111 Å². The summed E-state index contributed by atoms with van der Waals surface area (Å²) in [6.45, 7) is 6.58. The smallest absolute Gasteiger partial charge is 0.249 e. The molecule has 2 aromatic heterocycles. The number of β-amino-alcohol motifs (C(OH)–C–C–N with tert-alkyl or cyclic N) is 1. The maximum atomic E-state index is 11.3. The van der Waals surface area contributed by atoms with Crippen molar-refractivity contribution in [3.05, 3.63) is 40.3 Å². The van der Waals surface area contributed by atoms with Crippen LogP contribution in [0.15, 0.2) is 29.2 Å². The molecule has 0 spiro atoms. The molecule has 0 bridgehead atoms. The Morgan fingerprint density at radius 1 is 1.37 bits per heavy atom. The zero-order valence-corrected chi connectivity index (χ0v) is 11.4. The molecule has 0 unspecified atom stereocenters. The van der Waals surface area contributed by atoms with Crippen molar-refractivity contribution < 1.29 is 5.11 Å². The standard InChI is InChI=1S/C14H19N3O2/c1-14(2,3)16-8-11(18)9-6-7-15-13-10(9)4-5-12(19)17-13/h4-7,11,16,18H,8H2,1-3H3,(H,15,17,19)/t11-/m0/s1. The molecular weight excluding hydrogens is 242 g/mol. The van der Waals surface area contributed by atoms with Crippen molar-refractivity contribution in [3.8, 4) is 0 Å². The van der Waals surface area contributed by atoms with Crippen LogP contribution in [-0.4, -0.2) is 27.2 Å². The molecule has 19 heavy (non-hydrogen) atoms. The number of aromatic nitrogens is 2. The highest BCUT2D eigenvalue weighted by molar-refractivity contribution is 5.78. The number of rotatable bonds is 3. The van der Waals surface area contributed by atoms with E-state index in [1.807, 2.05) is 20.8 Å². The average molecular weight is 261 g/mol. The molecule has 0 fully saturated rings. The minimum atomic E-state index is -0.643. The molecule has 0 radical (unpaired) electrons. The van der Waals surface area contributed by atoms with Crippen molar-refractivity contribution in [1.29, 1.82) is 0 Å². The summed E-state index contributed by atoms with van der Waals surface area (Å²) in [5, 5.41) is 14.3. The Morgan fingerprint density at radius 2 is 2.11 bits per heavy atom. The van der Waals surface area contributed by atoms with Gasteiger partial charge in [0.2, 0.25) is 5.56 Å². The quantitative estimate of drug-likeness (QED) is 0.779. The van der Waals surface area contributed by atoms with Crippen LogP contribution in [0.3, 0.4) is 0 Å². The monoisotopic (exact) mass is 261 g/mol. The van der Waals surface area contributed by atoms with Crippen LogP contribution in [-0.2, 0) is 0 Å². The summed E-state index contributed by atoms with van der Waals surface area (Å²) in [6, 6.07) is 4.91. The van der Waals surface area contributed by atoms with E-state index in [2.05, 4.69) is 15.3 Å². The van der Waals surface area contributed by atoms with Crippen molar-refractivity contribution in [2.45, 2.75) is 32.4 Å². The first-order chi connectivity index (χ1) is 8.87. The van der Waals surface area contributed by atoms with Crippen molar-refractivity contribution in [3.63, 3.8) is 0 Å². The maximum Gasteiger partial charge on any atom is 0.249 e.